The average Bonchev–Trinajstić information content (AvgIpc) is 2.92. The van der Waals surface area contributed by atoms with Gasteiger partial charge < -0.3 is 0 Å². The summed E-state index contributed by atoms with van der Waals surface area (Å²) in [7, 11) is 0. The zero-order valence-corrected chi connectivity index (χ0v) is 11.8. The van der Waals surface area contributed by atoms with E-state index in [1.165, 1.54) is 24.6 Å². The number of hydrogen-bond acceptors (Lipinski definition) is 0. The third-order valence-corrected chi connectivity index (χ3v) is 5.54. The standard InChI is InChI=1S/2C5H5.C3H8.C2H5.Fe/c2*1-2-4-5-3-1;1-3-2;1-2;/h2*1-3H,4H2;3H2,1-2H3;1H2,2H3;. The Balaban J connectivity index is 0.000000386. The summed E-state index contributed by atoms with van der Waals surface area (Å²) in [5, 5.41) is 1.32. The van der Waals surface area contributed by atoms with Gasteiger partial charge in [0.2, 0.25) is 0 Å². The molecule has 0 spiro atoms. The second-order valence-corrected chi connectivity index (χ2v) is 7.01. The normalized spacial score (nSPS) is 17.8. The van der Waals surface area contributed by atoms with E-state index in [2.05, 4.69) is 57.2 Å². The van der Waals surface area contributed by atoms with Gasteiger partial charge in [-0.3, -0.25) is 0 Å². The van der Waals surface area contributed by atoms with Crippen LogP contribution in [0.2, 0.25) is 5.32 Å². The van der Waals surface area contributed by atoms with Crippen molar-refractivity contribution < 1.29 is 13.9 Å². The molecule has 0 amide bonds. The van der Waals surface area contributed by atoms with Crippen LogP contribution in [0.4, 0.5) is 0 Å². The van der Waals surface area contributed by atoms with E-state index < -0.39 is 0 Å². The summed E-state index contributed by atoms with van der Waals surface area (Å²) in [4.78, 5) is 0. The second kappa shape index (κ2) is 7.70. The van der Waals surface area contributed by atoms with Crippen LogP contribution in [0.3, 0.4) is 0 Å². The van der Waals surface area contributed by atoms with E-state index in [0.717, 1.165) is 0 Å². The van der Waals surface area contributed by atoms with Gasteiger partial charge in [-0.15, -0.1) is 0 Å². The van der Waals surface area contributed by atoms with Gasteiger partial charge in [0, 0.05) is 0 Å². The van der Waals surface area contributed by atoms with Crippen LogP contribution in [-0.4, -0.2) is 0 Å². The minimum absolute atomic E-state index is 0.153. The van der Waals surface area contributed by atoms with Crippen LogP contribution < -0.4 is 0 Å². The minimum atomic E-state index is -0.153. The van der Waals surface area contributed by atoms with Crippen LogP contribution in [0.25, 0.3) is 0 Å². The molecular formula is C15H23Fe. The van der Waals surface area contributed by atoms with Crippen molar-refractivity contribution in [2.75, 3.05) is 0 Å². The molecule has 0 fully saturated rings. The topological polar surface area (TPSA) is 0 Å². The summed E-state index contributed by atoms with van der Waals surface area (Å²) < 4.78 is 3.36. The third kappa shape index (κ3) is 3.81. The van der Waals surface area contributed by atoms with Crippen molar-refractivity contribution in [3.63, 3.8) is 0 Å². The van der Waals surface area contributed by atoms with Crippen molar-refractivity contribution in [3.8, 4) is 0 Å². The molecule has 16 heavy (non-hydrogen) atoms. The zero-order valence-electron chi connectivity index (χ0n) is 10.6. The van der Waals surface area contributed by atoms with Crippen LogP contribution >= 0.6 is 0 Å². The first-order valence-electron chi connectivity index (χ1n) is 6.16. The summed E-state index contributed by atoms with van der Waals surface area (Å²) in [6, 6.07) is 0. The van der Waals surface area contributed by atoms with E-state index in [-0.39, 0.29) is 13.9 Å². The van der Waals surface area contributed by atoms with Gasteiger partial charge in [-0.25, -0.2) is 0 Å². The molecule has 0 aromatic rings. The monoisotopic (exact) mass is 259 g/mol. The molecule has 0 aromatic carbocycles. The van der Waals surface area contributed by atoms with Crippen molar-refractivity contribution in [3.05, 3.63) is 45.4 Å². The molecule has 0 heterocycles. The summed E-state index contributed by atoms with van der Waals surface area (Å²) in [5.41, 5.74) is 0. The summed E-state index contributed by atoms with van der Waals surface area (Å²) in [5.74, 6) is 0. The van der Waals surface area contributed by atoms with Gasteiger partial charge >= 0.3 is 84.4 Å². The van der Waals surface area contributed by atoms with E-state index in [1.54, 1.807) is 8.94 Å². The molecule has 0 aromatic heterocycles. The fraction of sp³-hybridized carbons (Fsp3) is 0.467. The molecule has 91 valence electrons. The average molecular weight is 259 g/mol. The molecule has 2 rings (SSSR count). The van der Waals surface area contributed by atoms with Gasteiger partial charge in [0.15, 0.2) is 0 Å². The fourth-order valence-corrected chi connectivity index (χ4v) is 4.53. The third-order valence-electron chi connectivity index (χ3n) is 2.23. The van der Waals surface area contributed by atoms with Gasteiger partial charge in [-0.05, 0) is 0 Å². The Morgan fingerprint density at radius 1 is 0.938 bits per heavy atom. The van der Waals surface area contributed by atoms with Gasteiger partial charge in [-0.2, -0.15) is 0 Å². The van der Waals surface area contributed by atoms with E-state index >= 15 is 0 Å². The van der Waals surface area contributed by atoms with Crippen molar-refractivity contribution in [1.82, 2.24) is 0 Å². The Bertz CT molecular complexity index is 288. The van der Waals surface area contributed by atoms with Crippen LogP contribution in [0.1, 0.15) is 40.0 Å². The fourth-order valence-electron chi connectivity index (χ4n) is 1.62. The van der Waals surface area contributed by atoms with Crippen LogP contribution in [0.15, 0.2) is 45.4 Å². The SMILES string of the molecule is CCC.C[CH2][Fe]([C]1=CC=CC1)[C]1=CC=CC1. The molecule has 0 aliphatic heterocycles. The molecule has 2 aliphatic carbocycles. The zero-order chi connectivity index (χ0) is 11.8. The number of hydrogen-bond donors (Lipinski definition) is 0. The second-order valence-electron chi connectivity index (χ2n) is 3.76. The van der Waals surface area contributed by atoms with Crippen LogP contribution in [0, 0.1) is 0 Å². The number of rotatable bonds is 3. The van der Waals surface area contributed by atoms with E-state index in [9.17, 15) is 0 Å². The van der Waals surface area contributed by atoms with Crippen molar-refractivity contribution in [2.45, 2.75) is 45.4 Å². The first kappa shape index (κ1) is 13.5. The summed E-state index contributed by atoms with van der Waals surface area (Å²) >= 11 is -0.153. The maximum absolute atomic E-state index is 2.32. The molecule has 0 atom stereocenters. The Kier molecular flexibility index (Phi) is 6.52. The molecule has 0 radical (unpaired) electrons. The molecule has 0 saturated heterocycles. The van der Waals surface area contributed by atoms with E-state index in [4.69, 9.17) is 0 Å². The molecular weight excluding hydrogens is 236 g/mol. The molecule has 0 unspecified atom stereocenters. The van der Waals surface area contributed by atoms with E-state index in [0.29, 0.717) is 0 Å². The molecule has 0 N–H and O–H groups in total. The first-order valence-corrected chi connectivity index (χ1v) is 8.04. The summed E-state index contributed by atoms with van der Waals surface area (Å²) in [6.45, 7) is 6.57. The molecule has 2 aliphatic rings. The molecule has 1 heteroatoms. The predicted octanol–water partition coefficient (Wildman–Crippen LogP) is 5.15. The van der Waals surface area contributed by atoms with Gasteiger partial charge in [0.25, 0.3) is 0 Å². The molecule has 0 bridgehead atoms. The van der Waals surface area contributed by atoms with Crippen molar-refractivity contribution in [1.29, 1.82) is 0 Å². The number of allylic oxidation sites excluding steroid dienone is 8. The quantitative estimate of drug-likeness (QED) is 0.615. The molecule has 0 nitrogen and oxygen atoms in total. The molecule has 0 saturated carbocycles. The first-order chi connectivity index (χ1) is 7.83. The van der Waals surface area contributed by atoms with Crippen LogP contribution in [-0.2, 0) is 13.9 Å². The van der Waals surface area contributed by atoms with E-state index in [1.807, 2.05) is 0 Å². The van der Waals surface area contributed by atoms with Gasteiger partial charge in [0.1, 0.15) is 0 Å². The van der Waals surface area contributed by atoms with Crippen molar-refractivity contribution >= 4 is 0 Å². The van der Waals surface area contributed by atoms with Gasteiger partial charge in [-0.1, -0.05) is 20.3 Å². The van der Waals surface area contributed by atoms with Crippen LogP contribution in [0.5, 0.6) is 0 Å². The Morgan fingerprint density at radius 3 is 1.62 bits per heavy atom. The Hall–Kier alpha value is -0.521. The Labute approximate surface area is 105 Å². The van der Waals surface area contributed by atoms with Crippen molar-refractivity contribution in [2.24, 2.45) is 0 Å². The summed E-state index contributed by atoms with van der Waals surface area (Å²) in [6.07, 6.45) is 17.2. The maximum atomic E-state index is 2.32. The Morgan fingerprint density at radius 2 is 1.38 bits per heavy atom. The predicted molar refractivity (Wildman–Crippen MR) is 70.1 cm³/mol. The van der Waals surface area contributed by atoms with Gasteiger partial charge in [0.05, 0.1) is 0 Å².